The van der Waals surface area contributed by atoms with Gasteiger partial charge < -0.3 is 30.0 Å². The minimum absolute atomic E-state index is 0.0563. The van der Waals surface area contributed by atoms with Gasteiger partial charge in [0.05, 0.1) is 13.7 Å². The van der Waals surface area contributed by atoms with E-state index in [-0.39, 0.29) is 43.2 Å². The normalized spacial score (nSPS) is 15.3. The molecule has 0 radical (unpaired) electrons. The van der Waals surface area contributed by atoms with E-state index in [1.165, 1.54) is 4.90 Å². The van der Waals surface area contributed by atoms with E-state index in [0.29, 0.717) is 36.5 Å². The zero-order valence-electron chi connectivity index (χ0n) is 25.2. The molecule has 5 rings (SSSR count). The van der Waals surface area contributed by atoms with Crippen LogP contribution in [-0.2, 0) is 14.4 Å². The molecule has 0 saturated carbocycles. The highest BCUT2D eigenvalue weighted by Gasteiger charge is 2.28. The second-order valence-corrected chi connectivity index (χ2v) is 10.8. The number of carbonyl (C=O) groups excluding carboxylic acids is 3. The largest absolute Gasteiger partial charge is 0.496 e. The molecule has 0 aliphatic carbocycles. The molecular weight excluding hydrogens is 574 g/mol. The van der Waals surface area contributed by atoms with Crippen molar-refractivity contribution in [3.05, 3.63) is 66.4 Å². The number of hydrogen-bond donors (Lipinski definition) is 4. The van der Waals surface area contributed by atoms with Crippen LogP contribution in [0.4, 0.5) is 11.4 Å². The molecule has 3 aromatic carbocycles. The number of benzene rings is 3. The third-order valence-corrected chi connectivity index (χ3v) is 7.45. The van der Waals surface area contributed by atoms with E-state index >= 15 is 0 Å². The standard InChI is InChI=1S/C33H35N7O5/c1-21-15-23-17-24(10-11-28(23)45-21)38-33(36-20-34)39-27-9-5-6-14-40(32(27)43)19-31(42)35-13-12-30(41)37-25-16-22-7-3-4-8-26(22)29(18-25)44-2/h3-4,7-8,10-11,15-18,27H,5-6,9,12-14,19H2,1-2H3,(H,35,42)(H,37,41)(H2,36,38,39). The number of ether oxygens (including phenoxy) is 1. The lowest BCUT2D eigenvalue weighted by molar-refractivity contribution is -0.136. The highest BCUT2D eigenvalue weighted by atomic mass is 16.5. The van der Waals surface area contributed by atoms with E-state index in [1.54, 1.807) is 19.2 Å². The van der Waals surface area contributed by atoms with Crippen molar-refractivity contribution in [2.75, 3.05) is 37.4 Å². The Kier molecular flexibility index (Phi) is 9.79. The van der Waals surface area contributed by atoms with Crippen molar-refractivity contribution >= 4 is 56.8 Å². The van der Waals surface area contributed by atoms with Crippen LogP contribution < -0.4 is 26.0 Å². The Labute approximate surface area is 260 Å². The van der Waals surface area contributed by atoms with Crippen molar-refractivity contribution in [2.24, 2.45) is 4.99 Å². The zero-order valence-corrected chi connectivity index (χ0v) is 25.2. The Balaban J connectivity index is 1.15. The smallest absolute Gasteiger partial charge is 0.247 e. The number of nitrogens with zero attached hydrogens (tertiary/aromatic N) is 3. The molecule has 12 heteroatoms. The van der Waals surface area contributed by atoms with Gasteiger partial charge in [0.15, 0.2) is 6.19 Å². The number of nitrogens with one attached hydrogen (secondary N) is 4. The molecule has 1 saturated heterocycles. The van der Waals surface area contributed by atoms with Gasteiger partial charge in [-0.2, -0.15) is 5.26 Å². The third-order valence-electron chi connectivity index (χ3n) is 7.45. The molecule has 4 N–H and O–H groups in total. The van der Waals surface area contributed by atoms with E-state index < -0.39 is 6.04 Å². The fourth-order valence-corrected chi connectivity index (χ4v) is 5.34. The fraction of sp³-hybridized carbons (Fsp3) is 0.303. The average molecular weight is 610 g/mol. The van der Waals surface area contributed by atoms with E-state index in [2.05, 4.69) is 26.3 Å². The summed E-state index contributed by atoms with van der Waals surface area (Å²) in [6.45, 7) is 2.23. The fourth-order valence-electron chi connectivity index (χ4n) is 5.34. The average Bonchev–Trinajstić information content (AvgIpc) is 3.31. The number of hydrogen-bond acceptors (Lipinski definition) is 7. The molecule has 2 heterocycles. The van der Waals surface area contributed by atoms with Crippen LogP contribution in [0.3, 0.4) is 0 Å². The van der Waals surface area contributed by atoms with Crippen molar-refractivity contribution in [3.63, 3.8) is 0 Å². The molecule has 1 unspecified atom stereocenters. The highest BCUT2D eigenvalue weighted by molar-refractivity contribution is 5.99. The number of methoxy groups -OCH3 is 1. The van der Waals surface area contributed by atoms with Gasteiger partial charge in [0.2, 0.25) is 23.7 Å². The maximum Gasteiger partial charge on any atom is 0.247 e. The first-order chi connectivity index (χ1) is 21.8. The molecule has 1 atom stereocenters. The van der Waals surface area contributed by atoms with Gasteiger partial charge in [-0.3, -0.25) is 19.7 Å². The van der Waals surface area contributed by atoms with Crippen molar-refractivity contribution in [2.45, 2.75) is 38.6 Å². The number of anilines is 2. The van der Waals surface area contributed by atoms with Gasteiger partial charge in [0.25, 0.3) is 0 Å². The SMILES string of the molecule is COc1cc(NC(=O)CCNC(=O)CN2CCCCC(N=C(NC#N)Nc3ccc4oc(C)cc4c3)C2=O)cc2ccccc12. The number of aryl methyl sites for hydroxylation is 1. The predicted molar refractivity (Wildman–Crippen MR) is 172 cm³/mol. The number of aliphatic imine (C=N–C) groups is 1. The van der Waals surface area contributed by atoms with Crippen LogP contribution in [0, 0.1) is 18.4 Å². The van der Waals surface area contributed by atoms with Crippen LogP contribution in [0.1, 0.15) is 31.4 Å². The van der Waals surface area contributed by atoms with Crippen molar-refractivity contribution in [1.29, 1.82) is 5.26 Å². The lowest BCUT2D eigenvalue weighted by atomic mass is 10.1. The summed E-state index contributed by atoms with van der Waals surface area (Å²) in [5.74, 6) is 0.635. The van der Waals surface area contributed by atoms with Crippen molar-refractivity contribution < 1.29 is 23.5 Å². The maximum absolute atomic E-state index is 13.4. The van der Waals surface area contributed by atoms with Gasteiger partial charge in [0, 0.05) is 47.7 Å². The summed E-state index contributed by atoms with van der Waals surface area (Å²) in [5, 5.41) is 23.3. The van der Waals surface area contributed by atoms with Crippen LogP contribution in [-0.4, -0.2) is 61.4 Å². The molecule has 3 amide bonds. The number of likely N-dealkylation sites (tertiary alicyclic amines) is 1. The number of carbonyl (C=O) groups is 3. The molecular formula is C33H35N7O5. The number of furan rings is 1. The monoisotopic (exact) mass is 609 g/mol. The molecule has 45 heavy (non-hydrogen) atoms. The number of guanidine groups is 1. The Morgan fingerprint density at radius 3 is 2.69 bits per heavy atom. The van der Waals surface area contributed by atoms with E-state index in [1.807, 2.05) is 61.6 Å². The summed E-state index contributed by atoms with van der Waals surface area (Å²) in [7, 11) is 1.58. The Morgan fingerprint density at radius 1 is 1.04 bits per heavy atom. The van der Waals surface area contributed by atoms with E-state index in [4.69, 9.17) is 9.15 Å². The number of nitriles is 1. The molecule has 0 bridgehead atoms. The van der Waals surface area contributed by atoms with Crippen LogP contribution in [0.15, 0.2) is 70.1 Å². The van der Waals surface area contributed by atoms with Crippen LogP contribution in [0.25, 0.3) is 21.7 Å². The lowest BCUT2D eigenvalue weighted by Gasteiger charge is -2.22. The van der Waals surface area contributed by atoms with Crippen LogP contribution in [0.2, 0.25) is 0 Å². The second kappa shape index (κ2) is 14.3. The molecule has 1 aliphatic rings. The van der Waals surface area contributed by atoms with Crippen LogP contribution in [0.5, 0.6) is 5.75 Å². The van der Waals surface area contributed by atoms with E-state index in [0.717, 1.165) is 33.9 Å². The molecule has 0 spiro atoms. The van der Waals surface area contributed by atoms with Gasteiger partial charge in [0.1, 0.15) is 23.1 Å². The minimum Gasteiger partial charge on any atom is -0.496 e. The quantitative estimate of drug-likeness (QED) is 0.0947. The molecule has 232 valence electrons. The molecule has 1 fully saturated rings. The van der Waals surface area contributed by atoms with Gasteiger partial charge >= 0.3 is 0 Å². The topological polar surface area (TPSA) is 161 Å². The first kappa shape index (κ1) is 30.9. The first-order valence-electron chi connectivity index (χ1n) is 14.7. The van der Waals surface area contributed by atoms with Crippen molar-refractivity contribution in [3.8, 4) is 11.9 Å². The molecule has 1 aliphatic heterocycles. The van der Waals surface area contributed by atoms with E-state index in [9.17, 15) is 19.6 Å². The Bertz CT molecular complexity index is 1790. The summed E-state index contributed by atoms with van der Waals surface area (Å²) in [6.07, 6.45) is 3.85. The number of rotatable bonds is 9. The van der Waals surface area contributed by atoms with Gasteiger partial charge in [-0.1, -0.05) is 24.3 Å². The summed E-state index contributed by atoms with van der Waals surface area (Å²) < 4.78 is 11.1. The first-order valence-corrected chi connectivity index (χ1v) is 14.7. The molecule has 12 nitrogen and oxygen atoms in total. The summed E-state index contributed by atoms with van der Waals surface area (Å²) >= 11 is 0. The summed E-state index contributed by atoms with van der Waals surface area (Å²) in [4.78, 5) is 44.7. The summed E-state index contributed by atoms with van der Waals surface area (Å²) in [6, 6.07) is 18.0. The maximum atomic E-state index is 13.4. The Hall–Kier alpha value is -5.57. The predicted octanol–water partition coefficient (Wildman–Crippen LogP) is 4.27. The zero-order chi connectivity index (χ0) is 31.8. The third kappa shape index (κ3) is 7.88. The molecule has 1 aromatic heterocycles. The number of fused-ring (bicyclic) bond motifs is 2. The number of amides is 3. The lowest BCUT2D eigenvalue weighted by Crippen LogP contribution is -2.45. The highest BCUT2D eigenvalue weighted by Crippen LogP contribution is 2.30. The van der Waals surface area contributed by atoms with Gasteiger partial charge in [-0.15, -0.1) is 0 Å². The van der Waals surface area contributed by atoms with Gasteiger partial charge in [-0.25, -0.2) is 4.99 Å². The van der Waals surface area contributed by atoms with Crippen LogP contribution >= 0.6 is 0 Å². The van der Waals surface area contributed by atoms with Gasteiger partial charge in [-0.05, 0) is 61.9 Å². The summed E-state index contributed by atoms with van der Waals surface area (Å²) in [5.41, 5.74) is 2.01. The van der Waals surface area contributed by atoms with Crippen molar-refractivity contribution in [1.82, 2.24) is 15.5 Å². The minimum atomic E-state index is -0.770. The Morgan fingerprint density at radius 2 is 1.87 bits per heavy atom. The second-order valence-electron chi connectivity index (χ2n) is 10.8. The molecule has 4 aromatic rings.